The summed E-state index contributed by atoms with van der Waals surface area (Å²) in [6.45, 7) is 8.66. The molecule has 4 aliphatic rings. The SMILES string of the molecule is COC(=O)CCC(C)C1CCC2C3C(=O)CC4C[C@H](OC(C)=O)CC[C@]4(C)C3CC[C@]12C. The zero-order valence-electron chi connectivity index (χ0n) is 20.7. The second-order valence-electron chi connectivity index (χ2n) is 11.9. The van der Waals surface area contributed by atoms with Crippen LogP contribution in [-0.2, 0) is 23.9 Å². The van der Waals surface area contributed by atoms with Crippen molar-refractivity contribution in [1.29, 1.82) is 0 Å². The highest BCUT2D eigenvalue weighted by atomic mass is 16.5. The van der Waals surface area contributed by atoms with E-state index in [0.717, 1.165) is 38.5 Å². The molecule has 0 aromatic heterocycles. The fourth-order valence-corrected chi connectivity index (χ4v) is 8.86. The van der Waals surface area contributed by atoms with Crippen LogP contribution in [0.2, 0.25) is 0 Å². The van der Waals surface area contributed by atoms with Crippen molar-refractivity contribution >= 4 is 17.7 Å². The highest BCUT2D eigenvalue weighted by Gasteiger charge is 2.63. The minimum Gasteiger partial charge on any atom is -0.469 e. The number of Topliss-reactive ketones (excluding diaryl/α,β-unsaturated/α-hetero) is 1. The van der Waals surface area contributed by atoms with Crippen LogP contribution in [-0.4, -0.2) is 30.9 Å². The Morgan fingerprint density at radius 3 is 2.44 bits per heavy atom. The van der Waals surface area contributed by atoms with Gasteiger partial charge in [-0.05, 0) is 91.8 Å². The van der Waals surface area contributed by atoms with E-state index < -0.39 is 0 Å². The highest BCUT2D eigenvalue weighted by molar-refractivity contribution is 5.83. The molecule has 9 atom stereocenters. The molecule has 6 unspecified atom stereocenters. The third-order valence-electron chi connectivity index (χ3n) is 10.5. The third-order valence-corrected chi connectivity index (χ3v) is 10.5. The molecular formula is C27H42O5. The quantitative estimate of drug-likeness (QED) is 0.533. The standard InChI is InChI=1S/C27H42O5/c1-16(6-9-24(30)31-5)20-7-8-21-25-22(11-13-27(20,21)4)26(3)12-10-19(32-17(2)28)14-18(26)15-23(25)29/h16,18-22,25H,6-15H2,1-5H3/t16?,18?,19-,20?,21?,22?,25?,26+,27-/m1/s1. The Labute approximate surface area is 193 Å². The van der Waals surface area contributed by atoms with Crippen LogP contribution < -0.4 is 0 Å². The minimum atomic E-state index is -0.203. The topological polar surface area (TPSA) is 69.7 Å². The van der Waals surface area contributed by atoms with Gasteiger partial charge in [-0.15, -0.1) is 0 Å². The first-order valence-electron chi connectivity index (χ1n) is 12.9. The normalized spacial score (nSPS) is 44.1. The van der Waals surface area contributed by atoms with Crippen molar-refractivity contribution < 1.29 is 23.9 Å². The molecule has 0 spiro atoms. The van der Waals surface area contributed by atoms with Crippen LogP contribution in [0.5, 0.6) is 0 Å². The Kier molecular flexibility index (Phi) is 6.50. The van der Waals surface area contributed by atoms with Crippen molar-refractivity contribution in [2.24, 2.45) is 46.3 Å². The first kappa shape index (κ1) is 23.8. The lowest BCUT2D eigenvalue weighted by molar-refractivity contribution is -0.168. The van der Waals surface area contributed by atoms with Gasteiger partial charge in [0.1, 0.15) is 11.9 Å². The third kappa shape index (κ3) is 3.92. The molecule has 5 heteroatoms. The van der Waals surface area contributed by atoms with Crippen LogP contribution >= 0.6 is 0 Å². The molecule has 0 radical (unpaired) electrons. The first-order valence-corrected chi connectivity index (χ1v) is 12.9. The number of hydrogen-bond donors (Lipinski definition) is 0. The minimum absolute atomic E-state index is 0.0182. The molecule has 4 fully saturated rings. The van der Waals surface area contributed by atoms with Gasteiger partial charge in [0.25, 0.3) is 0 Å². The lowest BCUT2D eigenvalue weighted by Crippen LogP contribution is -2.57. The number of rotatable bonds is 5. The van der Waals surface area contributed by atoms with Gasteiger partial charge in [-0.3, -0.25) is 14.4 Å². The average molecular weight is 447 g/mol. The van der Waals surface area contributed by atoms with Gasteiger partial charge >= 0.3 is 11.9 Å². The smallest absolute Gasteiger partial charge is 0.305 e. The highest BCUT2D eigenvalue weighted by Crippen LogP contribution is 2.67. The maximum atomic E-state index is 13.6. The molecule has 32 heavy (non-hydrogen) atoms. The van der Waals surface area contributed by atoms with E-state index in [1.54, 1.807) is 0 Å². The van der Waals surface area contributed by atoms with E-state index in [1.165, 1.54) is 26.9 Å². The lowest BCUT2D eigenvalue weighted by atomic mass is 9.44. The summed E-state index contributed by atoms with van der Waals surface area (Å²) in [5.41, 5.74) is 0.385. The molecule has 5 nitrogen and oxygen atoms in total. The predicted octanol–water partition coefficient (Wildman–Crippen LogP) is 5.35. The molecular weight excluding hydrogens is 404 g/mol. The maximum absolute atomic E-state index is 13.6. The lowest BCUT2D eigenvalue weighted by Gasteiger charge is -2.60. The number of ether oxygens (including phenoxy) is 2. The van der Waals surface area contributed by atoms with Gasteiger partial charge in [0.15, 0.2) is 0 Å². The summed E-state index contributed by atoms with van der Waals surface area (Å²) in [5, 5.41) is 0. The monoisotopic (exact) mass is 446 g/mol. The van der Waals surface area contributed by atoms with Crippen LogP contribution in [0, 0.1) is 46.3 Å². The van der Waals surface area contributed by atoms with E-state index >= 15 is 0 Å². The van der Waals surface area contributed by atoms with Crippen LogP contribution in [0.15, 0.2) is 0 Å². The van der Waals surface area contributed by atoms with Crippen LogP contribution in [0.25, 0.3) is 0 Å². The van der Waals surface area contributed by atoms with Gasteiger partial charge in [0, 0.05) is 25.7 Å². The van der Waals surface area contributed by atoms with Gasteiger partial charge in [-0.1, -0.05) is 20.8 Å². The number of carbonyl (C=O) groups excluding carboxylic acids is 3. The molecule has 0 bridgehead atoms. The fraction of sp³-hybridized carbons (Fsp3) is 0.889. The molecule has 0 aliphatic heterocycles. The van der Waals surface area contributed by atoms with Crippen molar-refractivity contribution in [2.75, 3.05) is 7.11 Å². The Morgan fingerprint density at radius 2 is 1.75 bits per heavy atom. The van der Waals surface area contributed by atoms with Crippen molar-refractivity contribution in [3.05, 3.63) is 0 Å². The summed E-state index contributed by atoms with van der Waals surface area (Å²) in [4.78, 5) is 36.8. The summed E-state index contributed by atoms with van der Waals surface area (Å²) < 4.78 is 10.4. The number of fused-ring (bicyclic) bond motifs is 5. The Balaban J connectivity index is 1.50. The zero-order chi connectivity index (χ0) is 23.3. The van der Waals surface area contributed by atoms with E-state index in [2.05, 4.69) is 20.8 Å². The molecule has 0 N–H and O–H groups in total. The number of ketones is 1. The van der Waals surface area contributed by atoms with Crippen molar-refractivity contribution in [3.63, 3.8) is 0 Å². The summed E-state index contributed by atoms with van der Waals surface area (Å²) >= 11 is 0. The van der Waals surface area contributed by atoms with E-state index in [4.69, 9.17) is 9.47 Å². The molecule has 0 aromatic rings. The largest absolute Gasteiger partial charge is 0.469 e. The molecule has 0 saturated heterocycles. The average Bonchev–Trinajstić information content (AvgIpc) is 3.09. The number of hydrogen-bond acceptors (Lipinski definition) is 5. The summed E-state index contributed by atoms with van der Waals surface area (Å²) in [6.07, 6.45) is 9.49. The Morgan fingerprint density at radius 1 is 1.06 bits per heavy atom. The van der Waals surface area contributed by atoms with E-state index in [9.17, 15) is 14.4 Å². The molecule has 0 aromatic carbocycles. The molecule has 0 heterocycles. The zero-order valence-corrected chi connectivity index (χ0v) is 20.7. The second kappa shape index (κ2) is 8.76. The number of esters is 2. The Bertz CT molecular complexity index is 761. The van der Waals surface area contributed by atoms with Gasteiger partial charge in [-0.25, -0.2) is 0 Å². The molecule has 180 valence electrons. The maximum Gasteiger partial charge on any atom is 0.305 e. The molecule has 0 amide bonds. The summed E-state index contributed by atoms with van der Waals surface area (Å²) in [7, 11) is 1.46. The van der Waals surface area contributed by atoms with Gasteiger partial charge < -0.3 is 9.47 Å². The van der Waals surface area contributed by atoms with Gasteiger partial charge in [0.2, 0.25) is 0 Å². The molecule has 4 saturated carbocycles. The van der Waals surface area contributed by atoms with E-state index in [1.807, 2.05) is 0 Å². The first-order chi connectivity index (χ1) is 15.1. The van der Waals surface area contributed by atoms with Crippen LogP contribution in [0.1, 0.15) is 91.9 Å². The molecule has 4 aliphatic carbocycles. The van der Waals surface area contributed by atoms with E-state index in [-0.39, 0.29) is 34.8 Å². The number of carbonyl (C=O) groups is 3. The summed E-state index contributed by atoms with van der Waals surface area (Å²) in [6, 6.07) is 0. The van der Waals surface area contributed by atoms with Crippen molar-refractivity contribution in [3.8, 4) is 0 Å². The van der Waals surface area contributed by atoms with Crippen LogP contribution in [0.3, 0.4) is 0 Å². The Hall–Kier alpha value is -1.39. The fourth-order valence-electron chi connectivity index (χ4n) is 8.86. The van der Waals surface area contributed by atoms with Crippen LogP contribution in [0.4, 0.5) is 0 Å². The van der Waals surface area contributed by atoms with Crippen molar-refractivity contribution in [2.45, 2.75) is 98.0 Å². The number of methoxy groups -OCH3 is 1. The van der Waals surface area contributed by atoms with Crippen molar-refractivity contribution in [1.82, 2.24) is 0 Å². The predicted molar refractivity (Wildman–Crippen MR) is 122 cm³/mol. The van der Waals surface area contributed by atoms with Gasteiger partial charge in [-0.2, -0.15) is 0 Å². The van der Waals surface area contributed by atoms with E-state index in [0.29, 0.717) is 48.2 Å². The molecule has 4 rings (SSSR count). The van der Waals surface area contributed by atoms with Gasteiger partial charge in [0.05, 0.1) is 7.11 Å². The second-order valence-corrected chi connectivity index (χ2v) is 11.9. The summed E-state index contributed by atoms with van der Waals surface area (Å²) in [5.74, 6) is 2.68.